The van der Waals surface area contributed by atoms with Gasteiger partial charge in [-0.05, 0) is 47.0 Å². The van der Waals surface area contributed by atoms with Crippen LogP contribution in [0, 0.1) is 5.82 Å². The zero-order valence-electron chi connectivity index (χ0n) is 10.8. The van der Waals surface area contributed by atoms with Gasteiger partial charge in [-0.1, -0.05) is 13.0 Å². The van der Waals surface area contributed by atoms with Gasteiger partial charge in [0.25, 0.3) is 5.91 Å². The molecule has 1 aromatic rings. The average Bonchev–Trinajstić information content (AvgIpc) is 2.67. The number of hydrogen-bond donors (Lipinski definition) is 2. The molecule has 0 radical (unpaired) electrons. The second-order valence-corrected chi connectivity index (χ2v) is 5.42. The van der Waals surface area contributed by atoms with Gasteiger partial charge in [-0.25, -0.2) is 4.39 Å². The molecule has 1 aliphatic rings. The van der Waals surface area contributed by atoms with Crippen molar-refractivity contribution in [3.63, 3.8) is 0 Å². The highest BCUT2D eigenvalue weighted by atomic mass is 79.9. The van der Waals surface area contributed by atoms with Gasteiger partial charge in [-0.2, -0.15) is 0 Å². The second-order valence-electron chi connectivity index (χ2n) is 4.56. The minimum atomic E-state index is -0.928. The Kier molecular flexibility index (Phi) is 3.89. The largest absolute Gasteiger partial charge is 0.338 e. The summed E-state index contributed by atoms with van der Waals surface area (Å²) in [7, 11) is 0. The van der Waals surface area contributed by atoms with E-state index in [2.05, 4.69) is 31.6 Å². The molecule has 0 aromatic heterocycles. The van der Waals surface area contributed by atoms with E-state index in [1.165, 1.54) is 6.07 Å². The highest BCUT2D eigenvalue weighted by Crippen LogP contribution is 2.28. The Morgan fingerprint density at radius 2 is 2.21 bits per heavy atom. The van der Waals surface area contributed by atoms with Gasteiger partial charge in [0.1, 0.15) is 11.4 Å². The van der Waals surface area contributed by atoms with E-state index in [0.717, 1.165) is 6.42 Å². The normalized spacial score (nSPS) is 24.4. The Labute approximate surface area is 119 Å². The van der Waals surface area contributed by atoms with Crippen LogP contribution in [0.15, 0.2) is 27.7 Å². The van der Waals surface area contributed by atoms with E-state index in [-0.39, 0.29) is 11.7 Å². The topological polar surface area (TPSA) is 53.5 Å². The van der Waals surface area contributed by atoms with E-state index in [1.807, 2.05) is 6.92 Å². The Morgan fingerprint density at radius 3 is 2.84 bits per heavy atom. The van der Waals surface area contributed by atoms with Gasteiger partial charge < -0.3 is 5.32 Å². The third kappa shape index (κ3) is 2.63. The minimum absolute atomic E-state index is 0.194. The van der Waals surface area contributed by atoms with Crippen molar-refractivity contribution in [2.45, 2.75) is 25.8 Å². The fourth-order valence-corrected chi connectivity index (χ4v) is 2.25. The molecule has 1 heterocycles. The second kappa shape index (κ2) is 5.28. The monoisotopic (exact) mass is 327 g/mol. The maximum atomic E-state index is 13.3. The lowest BCUT2D eigenvalue weighted by Gasteiger charge is -2.21. The van der Waals surface area contributed by atoms with Crippen molar-refractivity contribution < 1.29 is 9.18 Å². The molecule has 1 amide bonds. The van der Waals surface area contributed by atoms with Crippen molar-refractivity contribution in [3.8, 4) is 0 Å². The molecular weight excluding hydrogens is 313 g/mol. The fourth-order valence-electron chi connectivity index (χ4n) is 1.87. The zero-order chi connectivity index (χ0) is 14.0. The number of hydrogen-bond acceptors (Lipinski definition) is 2. The SMILES string of the molecule is CCCN=C1NC(=O)C(C)(c2ccc(F)c(Br)c2)N1. The standard InChI is InChI=1S/C13H15BrFN3O/c1-3-6-16-12-17-11(19)13(2,18-12)8-4-5-10(15)9(14)7-8/h4-5,7H,3,6H2,1-2H3,(H2,16,17,18,19). The molecule has 0 aliphatic carbocycles. The minimum Gasteiger partial charge on any atom is -0.338 e. The van der Waals surface area contributed by atoms with E-state index in [9.17, 15) is 9.18 Å². The molecule has 1 aromatic carbocycles. The Hall–Kier alpha value is -1.43. The van der Waals surface area contributed by atoms with Crippen LogP contribution in [0.5, 0.6) is 0 Å². The molecule has 0 saturated carbocycles. The summed E-state index contributed by atoms with van der Waals surface area (Å²) in [5.41, 5.74) is -0.247. The number of nitrogens with zero attached hydrogens (tertiary/aromatic N) is 1. The van der Waals surface area contributed by atoms with Crippen molar-refractivity contribution >= 4 is 27.8 Å². The van der Waals surface area contributed by atoms with Crippen LogP contribution in [0.4, 0.5) is 4.39 Å². The highest BCUT2D eigenvalue weighted by molar-refractivity contribution is 9.10. The summed E-state index contributed by atoms with van der Waals surface area (Å²) in [6.07, 6.45) is 0.903. The number of guanidine groups is 1. The van der Waals surface area contributed by atoms with Crippen LogP contribution in [0.3, 0.4) is 0 Å². The summed E-state index contributed by atoms with van der Waals surface area (Å²) >= 11 is 3.13. The van der Waals surface area contributed by atoms with Gasteiger partial charge in [0.05, 0.1) is 4.47 Å². The first-order valence-electron chi connectivity index (χ1n) is 6.07. The van der Waals surface area contributed by atoms with Crippen molar-refractivity contribution in [2.75, 3.05) is 6.54 Å². The van der Waals surface area contributed by atoms with E-state index in [0.29, 0.717) is 22.5 Å². The maximum Gasteiger partial charge on any atom is 0.256 e. The highest BCUT2D eigenvalue weighted by Gasteiger charge is 2.42. The predicted molar refractivity (Wildman–Crippen MR) is 75.3 cm³/mol. The number of nitrogens with one attached hydrogen (secondary N) is 2. The van der Waals surface area contributed by atoms with Crippen LogP contribution in [-0.2, 0) is 10.3 Å². The molecule has 102 valence electrons. The molecule has 4 nitrogen and oxygen atoms in total. The molecule has 2 rings (SSSR count). The molecule has 0 bridgehead atoms. The van der Waals surface area contributed by atoms with Crippen LogP contribution >= 0.6 is 15.9 Å². The first-order chi connectivity index (χ1) is 8.97. The summed E-state index contributed by atoms with van der Waals surface area (Å²) in [5.74, 6) is -0.0821. The fraction of sp³-hybridized carbons (Fsp3) is 0.385. The average molecular weight is 328 g/mol. The summed E-state index contributed by atoms with van der Waals surface area (Å²) in [6.45, 7) is 4.40. The number of carbonyl (C=O) groups excluding carboxylic acids is 1. The number of benzene rings is 1. The molecule has 1 atom stereocenters. The van der Waals surface area contributed by atoms with Crippen molar-refractivity contribution in [3.05, 3.63) is 34.1 Å². The summed E-state index contributed by atoms with van der Waals surface area (Å²) in [5, 5.41) is 5.76. The van der Waals surface area contributed by atoms with Crippen LogP contribution in [0.2, 0.25) is 0 Å². The predicted octanol–water partition coefficient (Wildman–Crippen LogP) is 2.29. The number of carbonyl (C=O) groups is 1. The number of amides is 1. The molecule has 0 spiro atoms. The zero-order valence-corrected chi connectivity index (χ0v) is 12.3. The summed E-state index contributed by atoms with van der Waals surface area (Å²) in [6, 6.07) is 4.53. The third-order valence-electron chi connectivity index (χ3n) is 3.04. The van der Waals surface area contributed by atoms with E-state index >= 15 is 0 Å². The maximum absolute atomic E-state index is 13.3. The Morgan fingerprint density at radius 1 is 1.47 bits per heavy atom. The van der Waals surface area contributed by atoms with Gasteiger partial charge in [0.2, 0.25) is 0 Å². The van der Waals surface area contributed by atoms with Gasteiger partial charge in [0, 0.05) is 6.54 Å². The van der Waals surface area contributed by atoms with Crippen molar-refractivity contribution in [1.29, 1.82) is 0 Å². The third-order valence-corrected chi connectivity index (χ3v) is 3.65. The lowest BCUT2D eigenvalue weighted by Crippen LogP contribution is -2.40. The van der Waals surface area contributed by atoms with Crippen molar-refractivity contribution in [2.24, 2.45) is 4.99 Å². The van der Waals surface area contributed by atoms with Crippen LogP contribution in [0.1, 0.15) is 25.8 Å². The van der Waals surface area contributed by atoms with E-state index < -0.39 is 5.54 Å². The first-order valence-corrected chi connectivity index (χ1v) is 6.86. The number of halogens is 2. The van der Waals surface area contributed by atoms with Crippen molar-refractivity contribution in [1.82, 2.24) is 10.6 Å². The van der Waals surface area contributed by atoms with Crippen LogP contribution in [0.25, 0.3) is 0 Å². The molecule has 1 fully saturated rings. The lowest BCUT2D eigenvalue weighted by atomic mass is 9.92. The summed E-state index contributed by atoms with van der Waals surface area (Å²) < 4.78 is 13.6. The smallest absolute Gasteiger partial charge is 0.256 e. The first kappa shape index (κ1) is 14.0. The molecule has 1 aliphatic heterocycles. The van der Waals surface area contributed by atoms with Crippen LogP contribution < -0.4 is 10.6 Å². The Balaban J connectivity index is 2.32. The molecule has 2 N–H and O–H groups in total. The van der Waals surface area contributed by atoms with Crippen LogP contribution in [-0.4, -0.2) is 18.4 Å². The van der Waals surface area contributed by atoms with Gasteiger partial charge in [0.15, 0.2) is 5.96 Å². The molecule has 6 heteroatoms. The van der Waals surface area contributed by atoms with Gasteiger partial charge in [-0.3, -0.25) is 15.1 Å². The van der Waals surface area contributed by atoms with E-state index in [4.69, 9.17) is 0 Å². The molecular formula is C13H15BrFN3O. The van der Waals surface area contributed by atoms with E-state index in [1.54, 1.807) is 19.1 Å². The molecule has 1 saturated heterocycles. The molecule has 1 unspecified atom stereocenters. The van der Waals surface area contributed by atoms with Gasteiger partial charge in [-0.15, -0.1) is 0 Å². The molecule has 19 heavy (non-hydrogen) atoms. The lowest BCUT2D eigenvalue weighted by molar-refractivity contribution is -0.123. The van der Waals surface area contributed by atoms with Gasteiger partial charge >= 0.3 is 0 Å². The number of rotatable bonds is 3. The number of aliphatic imine (C=N–C) groups is 1. The quantitative estimate of drug-likeness (QED) is 0.894. The summed E-state index contributed by atoms with van der Waals surface area (Å²) in [4.78, 5) is 16.3. The Bertz CT molecular complexity index is 547.